The van der Waals surface area contributed by atoms with E-state index >= 15 is 0 Å². The van der Waals surface area contributed by atoms with Crippen molar-refractivity contribution in [2.24, 2.45) is 7.05 Å². The lowest BCUT2D eigenvalue weighted by Gasteiger charge is -2.35. The van der Waals surface area contributed by atoms with Crippen molar-refractivity contribution in [2.75, 3.05) is 45.9 Å². The molecule has 0 bridgehead atoms. The van der Waals surface area contributed by atoms with E-state index in [1.807, 2.05) is 78.7 Å². The zero-order valence-electron chi connectivity index (χ0n) is 37.4. The Morgan fingerprint density at radius 2 is 1.55 bits per heavy atom. The van der Waals surface area contributed by atoms with Gasteiger partial charge in [-0.2, -0.15) is 5.10 Å². The van der Waals surface area contributed by atoms with Gasteiger partial charge in [-0.15, -0.1) is 0 Å². The molecule has 3 aliphatic rings. The molecule has 4 aromatic carbocycles. The summed E-state index contributed by atoms with van der Waals surface area (Å²) in [6, 6.07) is 21.6. The number of benzene rings is 4. The quantitative estimate of drug-likeness (QED) is 0.105. The summed E-state index contributed by atoms with van der Waals surface area (Å²) in [7, 11) is 1.91. The summed E-state index contributed by atoms with van der Waals surface area (Å²) in [4.78, 5) is 82.8. The van der Waals surface area contributed by atoms with E-state index in [0.717, 1.165) is 66.0 Å². The van der Waals surface area contributed by atoms with Gasteiger partial charge >= 0.3 is 5.97 Å². The lowest BCUT2D eigenvalue weighted by molar-refractivity contribution is -0.136. The third-order valence-electron chi connectivity index (χ3n) is 13.2. The summed E-state index contributed by atoms with van der Waals surface area (Å²) in [5, 5.41) is 20.9. The van der Waals surface area contributed by atoms with Crippen molar-refractivity contribution in [3.63, 3.8) is 0 Å². The third kappa shape index (κ3) is 7.95. The number of carbonyl (C=O) groups excluding carboxylic acids is 5. The van der Waals surface area contributed by atoms with E-state index in [-0.39, 0.29) is 47.9 Å². The highest BCUT2D eigenvalue weighted by Crippen LogP contribution is 2.40. The highest BCUT2D eigenvalue weighted by Gasteiger charge is 2.46. The summed E-state index contributed by atoms with van der Waals surface area (Å²) in [6.45, 7) is 8.87. The number of nitrogens with zero attached hydrogens (tertiary/aromatic N) is 6. The second kappa shape index (κ2) is 17.9. The molecule has 1 atom stereocenters. The van der Waals surface area contributed by atoms with Crippen molar-refractivity contribution < 1.29 is 43.3 Å². The maximum absolute atomic E-state index is 13.5. The number of piperidine rings is 1. The van der Waals surface area contributed by atoms with Crippen LogP contribution in [-0.4, -0.2) is 122 Å². The Kier molecular flexibility index (Phi) is 11.9. The fourth-order valence-corrected chi connectivity index (χ4v) is 9.84. The number of imide groups is 2. The Hall–Kier alpha value is -7.33. The maximum atomic E-state index is 13.5. The van der Waals surface area contributed by atoms with Crippen LogP contribution in [0.4, 0.5) is 0 Å². The number of aromatic carboxylic acids is 1. The van der Waals surface area contributed by atoms with Gasteiger partial charge in [0.25, 0.3) is 17.7 Å². The van der Waals surface area contributed by atoms with Crippen LogP contribution in [0.1, 0.15) is 73.0 Å². The predicted molar refractivity (Wildman–Crippen MR) is 245 cm³/mol. The molecule has 16 nitrogen and oxygen atoms in total. The van der Waals surface area contributed by atoms with Crippen LogP contribution in [0.25, 0.3) is 32.8 Å². The molecule has 2 aromatic heterocycles. The molecule has 3 aliphatic heterocycles. The van der Waals surface area contributed by atoms with E-state index < -0.39 is 35.6 Å². The van der Waals surface area contributed by atoms with Crippen LogP contribution in [-0.2, 0) is 34.4 Å². The van der Waals surface area contributed by atoms with Gasteiger partial charge in [-0.3, -0.25) is 43.8 Å². The zero-order chi connectivity index (χ0) is 46.4. The lowest BCUT2D eigenvalue weighted by Crippen LogP contribution is -2.54. The van der Waals surface area contributed by atoms with Crippen molar-refractivity contribution in [1.29, 1.82) is 0 Å². The number of rotatable bonds is 14. The van der Waals surface area contributed by atoms with E-state index in [2.05, 4.69) is 23.2 Å². The Labute approximate surface area is 380 Å². The number of carbonyl (C=O) groups is 6. The maximum Gasteiger partial charge on any atom is 0.352 e. The summed E-state index contributed by atoms with van der Waals surface area (Å²) in [6.07, 6.45) is 1.10. The van der Waals surface area contributed by atoms with Crippen molar-refractivity contribution in [3.8, 4) is 22.6 Å². The normalized spacial score (nSPS) is 16.6. The van der Waals surface area contributed by atoms with E-state index in [9.17, 15) is 33.9 Å². The first-order valence-corrected chi connectivity index (χ1v) is 22.3. The largest absolute Gasteiger partial charge is 0.493 e. The second-order valence-electron chi connectivity index (χ2n) is 17.2. The zero-order valence-corrected chi connectivity index (χ0v) is 37.4. The van der Waals surface area contributed by atoms with E-state index in [1.54, 1.807) is 11.0 Å². The molecular weight excluding hydrogens is 843 g/mol. The number of hydrogen-bond donors (Lipinski definition) is 2. The molecule has 5 amide bonds. The molecule has 6 aromatic rings. The lowest BCUT2D eigenvalue weighted by atomic mass is 9.94. The Bertz CT molecular complexity index is 2970. The standard InChI is InChI=1S/C50H51N7O9/c1-29-17-18-35-34(14-9-27-65-38-15-7-11-32-10-5-6-12-33(32)38)46(50(63)64)56(45(35)42(29)43-30(2)52-53(4)31(43)3)26-23-54-21-24-55(25-22-54)41(59)28-66-39-16-8-13-36-44(39)49(62)57(48(36)61)37-19-20-40(58)51-47(37)60/h5-8,10-13,15-18,37H,9,14,19-28H2,1-4H3,(H,63,64)(H,51,58,60). The van der Waals surface area contributed by atoms with Crippen molar-refractivity contribution in [3.05, 3.63) is 112 Å². The van der Waals surface area contributed by atoms with Crippen LogP contribution >= 0.6 is 0 Å². The summed E-state index contributed by atoms with van der Waals surface area (Å²) in [5.74, 6) is -3.01. The second-order valence-corrected chi connectivity index (χ2v) is 17.2. The summed E-state index contributed by atoms with van der Waals surface area (Å²) >= 11 is 0. The first kappa shape index (κ1) is 43.9. The first-order valence-electron chi connectivity index (χ1n) is 22.3. The SMILES string of the molecule is Cc1ccc2c(CCCOc3cccc4ccccc34)c(C(=O)O)n(CCN3CCN(C(=O)COc4cccc5c4C(=O)N(C4CCC(=O)NC4=O)C5=O)CC3)c2c1-c1c(C)nn(C)c1C. The van der Waals surface area contributed by atoms with Gasteiger partial charge in [0.1, 0.15) is 23.2 Å². The molecule has 0 saturated carbocycles. The van der Waals surface area contributed by atoms with E-state index in [1.165, 1.54) is 12.1 Å². The van der Waals surface area contributed by atoms with Gasteiger partial charge in [0, 0.05) is 80.3 Å². The molecule has 0 aliphatic carbocycles. The van der Waals surface area contributed by atoms with Crippen LogP contribution < -0.4 is 14.8 Å². The van der Waals surface area contributed by atoms with Crippen molar-refractivity contribution >= 4 is 57.2 Å². The minimum Gasteiger partial charge on any atom is -0.493 e. The Morgan fingerprint density at radius 1 is 0.803 bits per heavy atom. The van der Waals surface area contributed by atoms with Gasteiger partial charge in [-0.25, -0.2) is 4.79 Å². The van der Waals surface area contributed by atoms with Crippen LogP contribution in [0.2, 0.25) is 0 Å². The topological polar surface area (TPSA) is 186 Å². The number of piperazine rings is 1. The monoisotopic (exact) mass is 893 g/mol. The fourth-order valence-electron chi connectivity index (χ4n) is 9.84. The number of carboxylic acid groups (broad SMARTS) is 1. The van der Waals surface area contributed by atoms with Gasteiger partial charge < -0.3 is 24.0 Å². The van der Waals surface area contributed by atoms with Crippen molar-refractivity contribution in [2.45, 2.75) is 59.0 Å². The minimum absolute atomic E-state index is 0.000884. The van der Waals surface area contributed by atoms with Gasteiger partial charge in [0.15, 0.2) is 6.61 Å². The van der Waals surface area contributed by atoms with Crippen LogP contribution in [0.15, 0.2) is 72.8 Å². The number of hydrogen-bond acceptors (Lipinski definition) is 10. The summed E-state index contributed by atoms with van der Waals surface area (Å²) in [5.41, 5.74) is 6.71. The smallest absolute Gasteiger partial charge is 0.352 e. The molecule has 66 heavy (non-hydrogen) atoms. The van der Waals surface area contributed by atoms with Gasteiger partial charge in [-0.05, 0) is 74.7 Å². The average Bonchev–Trinajstić information content (AvgIpc) is 3.86. The number of amides is 5. The Morgan fingerprint density at radius 3 is 2.29 bits per heavy atom. The number of nitrogens with one attached hydrogen (secondary N) is 1. The van der Waals surface area contributed by atoms with Gasteiger partial charge in [0.2, 0.25) is 11.8 Å². The van der Waals surface area contributed by atoms with Crippen LogP contribution in [0.5, 0.6) is 11.5 Å². The molecule has 340 valence electrons. The average molecular weight is 894 g/mol. The number of ether oxygens (including phenoxy) is 2. The third-order valence-corrected chi connectivity index (χ3v) is 13.2. The molecule has 1 unspecified atom stereocenters. The fraction of sp³-hybridized carbons (Fsp3) is 0.340. The molecule has 2 fully saturated rings. The molecule has 2 saturated heterocycles. The number of aryl methyl sites for hydroxylation is 4. The highest BCUT2D eigenvalue weighted by atomic mass is 16.5. The number of carboxylic acids is 1. The molecule has 5 heterocycles. The molecular formula is C50H51N7O9. The first-order chi connectivity index (χ1) is 31.8. The van der Waals surface area contributed by atoms with E-state index in [0.29, 0.717) is 58.7 Å². The summed E-state index contributed by atoms with van der Waals surface area (Å²) < 4.78 is 16.0. The van der Waals surface area contributed by atoms with E-state index in [4.69, 9.17) is 14.6 Å². The van der Waals surface area contributed by atoms with Crippen molar-refractivity contribution in [1.82, 2.24) is 34.4 Å². The van der Waals surface area contributed by atoms with Gasteiger partial charge in [0.05, 0.1) is 28.9 Å². The highest BCUT2D eigenvalue weighted by molar-refractivity contribution is 6.24. The predicted octanol–water partition coefficient (Wildman–Crippen LogP) is 5.45. The minimum atomic E-state index is -1.12. The van der Waals surface area contributed by atoms with Crippen LogP contribution in [0, 0.1) is 20.8 Å². The molecule has 0 spiro atoms. The molecule has 9 rings (SSSR count). The molecule has 0 radical (unpaired) electrons. The number of fused-ring (bicyclic) bond motifs is 3. The molecule has 2 N–H and O–H groups in total. The van der Waals surface area contributed by atoms with Gasteiger partial charge in [-0.1, -0.05) is 54.6 Å². The Balaban J connectivity index is 0.900. The van der Waals surface area contributed by atoms with Crippen LogP contribution in [0.3, 0.4) is 0 Å². The molecule has 16 heteroatoms. The number of aromatic nitrogens is 3.